The molecule has 0 saturated carbocycles. The fourth-order valence-electron chi connectivity index (χ4n) is 2.07. The summed E-state index contributed by atoms with van der Waals surface area (Å²) in [5.74, 6) is 0. The first-order chi connectivity index (χ1) is 10.5. The molecule has 8 heteroatoms. The van der Waals surface area contributed by atoms with Gasteiger partial charge in [-0.05, 0) is 47.5 Å². The van der Waals surface area contributed by atoms with Gasteiger partial charge in [-0.25, -0.2) is 4.68 Å². The maximum absolute atomic E-state index is 10.9. The van der Waals surface area contributed by atoms with Crippen LogP contribution in [0.25, 0.3) is 16.9 Å². The second kappa shape index (κ2) is 7.94. The van der Waals surface area contributed by atoms with E-state index in [9.17, 15) is 8.76 Å². The van der Waals surface area contributed by atoms with Crippen LogP contribution in [0.1, 0.15) is 0 Å². The van der Waals surface area contributed by atoms with E-state index in [2.05, 4.69) is 5.10 Å². The molecular formula is C15H9Cl2N2NaO2S. The van der Waals surface area contributed by atoms with Crippen LogP contribution in [-0.4, -0.2) is 18.5 Å². The summed E-state index contributed by atoms with van der Waals surface area (Å²) >= 11 is 9.67. The molecule has 0 radical (unpaired) electrons. The largest absolute Gasteiger partial charge is 1.00 e. The molecule has 1 heterocycles. The van der Waals surface area contributed by atoms with Gasteiger partial charge in [0.1, 0.15) is 0 Å². The minimum absolute atomic E-state index is 0. The summed E-state index contributed by atoms with van der Waals surface area (Å²) in [6, 6.07) is 15.4. The maximum atomic E-state index is 10.9. The van der Waals surface area contributed by atoms with Crippen molar-refractivity contribution >= 4 is 34.3 Å². The summed E-state index contributed by atoms with van der Waals surface area (Å²) in [6.07, 6.45) is 0. The van der Waals surface area contributed by atoms with Crippen molar-refractivity contribution in [1.82, 2.24) is 9.78 Å². The third-order valence-electron chi connectivity index (χ3n) is 3.09. The molecular weight excluding hydrogens is 366 g/mol. The van der Waals surface area contributed by atoms with Crippen molar-refractivity contribution in [2.75, 3.05) is 0 Å². The Kier molecular flexibility index (Phi) is 6.45. The average molecular weight is 375 g/mol. The average Bonchev–Trinajstić information content (AvgIpc) is 2.90. The first-order valence-electron chi connectivity index (χ1n) is 6.26. The Bertz CT molecular complexity index is 836. The monoisotopic (exact) mass is 374 g/mol. The number of benzene rings is 2. The molecule has 1 aromatic heterocycles. The van der Waals surface area contributed by atoms with E-state index in [4.69, 9.17) is 23.2 Å². The van der Waals surface area contributed by atoms with Gasteiger partial charge in [-0.15, -0.1) is 0 Å². The molecule has 1 atom stereocenters. The maximum Gasteiger partial charge on any atom is 1.00 e. The fourth-order valence-corrected chi connectivity index (χ4v) is 2.74. The van der Waals surface area contributed by atoms with Crippen molar-refractivity contribution in [3.05, 3.63) is 64.8 Å². The Morgan fingerprint density at radius 3 is 2.17 bits per heavy atom. The van der Waals surface area contributed by atoms with Gasteiger partial charge in [0.15, 0.2) is 5.15 Å². The second-order valence-electron chi connectivity index (χ2n) is 4.50. The minimum atomic E-state index is -2.25. The van der Waals surface area contributed by atoms with Crippen LogP contribution in [0, 0.1) is 0 Å². The van der Waals surface area contributed by atoms with Crippen molar-refractivity contribution in [2.45, 2.75) is 4.90 Å². The Labute approximate surface area is 168 Å². The molecule has 0 saturated heterocycles. The quantitative estimate of drug-likeness (QED) is 0.509. The summed E-state index contributed by atoms with van der Waals surface area (Å²) in [7, 11) is 0. The molecule has 23 heavy (non-hydrogen) atoms. The van der Waals surface area contributed by atoms with Crippen LogP contribution in [0.4, 0.5) is 0 Å². The van der Waals surface area contributed by atoms with E-state index in [0.717, 1.165) is 16.9 Å². The number of nitrogens with zero attached hydrogens (tertiary/aromatic N) is 2. The van der Waals surface area contributed by atoms with Crippen LogP contribution in [0.5, 0.6) is 0 Å². The Morgan fingerprint density at radius 1 is 1.00 bits per heavy atom. The zero-order valence-electron chi connectivity index (χ0n) is 12.1. The Morgan fingerprint density at radius 2 is 1.61 bits per heavy atom. The molecule has 0 spiro atoms. The number of rotatable bonds is 3. The summed E-state index contributed by atoms with van der Waals surface area (Å²) < 4.78 is 23.5. The van der Waals surface area contributed by atoms with Crippen LogP contribution < -0.4 is 29.6 Å². The van der Waals surface area contributed by atoms with E-state index in [0.29, 0.717) is 10.2 Å². The van der Waals surface area contributed by atoms with Crippen LogP contribution in [0.15, 0.2) is 59.5 Å². The molecule has 0 aliphatic rings. The van der Waals surface area contributed by atoms with Gasteiger partial charge in [-0.2, -0.15) is 5.10 Å². The molecule has 0 aliphatic carbocycles. The Hall–Kier alpha value is -0.660. The van der Waals surface area contributed by atoms with E-state index < -0.39 is 11.1 Å². The van der Waals surface area contributed by atoms with Gasteiger partial charge in [0, 0.05) is 21.5 Å². The van der Waals surface area contributed by atoms with Gasteiger partial charge >= 0.3 is 29.6 Å². The van der Waals surface area contributed by atoms with Crippen molar-refractivity contribution in [3.63, 3.8) is 0 Å². The normalized spacial score (nSPS) is 11.8. The molecule has 0 amide bonds. The SMILES string of the molecule is O=S([O-])c1ccc(-c2cc(Cl)nn2-c2ccc(Cl)cc2)cc1.[Na+]. The first kappa shape index (κ1) is 18.7. The van der Waals surface area contributed by atoms with Crippen LogP contribution >= 0.6 is 23.2 Å². The molecule has 0 aliphatic heterocycles. The van der Waals surface area contributed by atoms with E-state index in [1.165, 1.54) is 12.1 Å². The number of halogens is 2. The van der Waals surface area contributed by atoms with Gasteiger partial charge in [-0.1, -0.05) is 35.3 Å². The van der Waals surface area contributed by atoms with Crippen LogP contribution in [0.2, 0.25) is 10.2 Å². The fraction of sp³-hybridized carbons (Fsp3) is 0. The second-order valence-corrected chi connectivity index (χ2v) is 6.26. The standard InChI is InChI=1S/C15H10Cl2N2O2S.Na/c16-11-3-5-12(6-4-11)19-14(9-15(17)18-19)10-1-7-13(8-2-10)22(20)21;/h1-9H,(H,20,21);/q;+1/p-1. The zero-order chi connectivity index (χ0) is 15.7. The molecule has 0 N–H and O–H groups in total. The van der Waals surface area contributed by atoms with Crippen LogP contribution in [0.3, 0.4) is 0 Å². The summed E-state index contributed by atoms with van der Waals surface area (Å²) in [6.45, 7) is 0. The minimum Gasteiger partial charge on any atom is -0.768 e. The zero-order valence-corrected chi connectivity index (χ0v) is 16.4. The molecule has 3 aromatic rings. The molecule has 4 nitrogen and oxygen atoms in total. The third-order valence-corrected chi connectivity index (χ3v) is 4.19. The summed E-state index contributed by atoms with van der Waals surface area (Å²) in [4.78, 5) is 0.229. The predicted molar refractivity (Wildman–Crippen MR) is 86.2 cm³/mol. The molecule has 1 unspecified atom stereocenters. The molecule has 3 rings (SSSR count). The van der Waals surface area contributed by atoms with Crippen molar-refractivity contribution in [3.8, 4) is 16.9 Å². The number of hydrogen-bond donors (Lipinski definition) is 0. The topological polar surface area (TPSA) is 57.9 Å². The van der Waals surface area contributed by atoms with Crippen molar-refractivity contribution in [1.29, 1.82) is 0 Å². The molecule has 0 fully saturated rings. The van der Waals surface area contributed by atoms with Gasteiger partial charge in [0.05, 0.1) is 11.4 Å². The van der Waals surface area contributed by atoms with Gasteiger partial charge < -0.3 is 4.55 Å². The summed E-state index contributed by atoms with van der Waals surface area (Å²) in [5.41, 5.74) is 2.38. The number of hydrogen-bond acceptors (Lipinski definition) is 3. The van der Waals surface area contributed by atoms with E-state index >= 15 is 0 Å². The first-order valence-corrected chi connectivity index (χ1v) is 8.09. The van der Waals surface area contributed by atoms with Gasteiger partial charge in [0.25, 0.3) is 0 Å². The molecule has 112 valence electrons. The third kappa shape index (κ3) is 4.25. The van der Waals surface area contributed by atoms with Gasteiger partial charge in [-0.3, -0.25) is 4.21 Å². The number of aromatic nitrogens is 2. The molecule has 0 bridgehead atoms. The predicted octanol–water partition coefficient (Wildman–Crippen LogP) is 1.09. The Balaban J connectivity index is 0.00000192. The van der Waals surface area contributed by atoms with Crippen molar-refractivity contribution < 1.29 is 38.3 Å². The van der Waals surface area contributed by atoms with E-state index in [-0.39, 0.29) is 34.5 Å². The van der Waals surface area contributed by atoms with Crippen LogP contribution in [-0.2, 0) is 11.1 Å². The van der Waals surface area contributed by atoms with E-state index in [1.54, 1.807) is 35.0 Å². The van der Waals surface area contributed by atoms with Crippen molar-refractivity contribution in [2.24, 2.45) is 0 Å². The molecule has 2 aromatic carbocycles. The smallest absolute Gasteiger partial charge is 0.768 e. The van der Waals surface area contributed by atoms with E-state index in [1.807, 2.05) is 12.1 Å². The summed E-state index contributed by atoms with van der Waals surface area (Å²) in [5, 5.41) is 5.24. The van der Waals surface area contributed by atoms with Gasteiger partial charge in [0.2, 0.25) is 0 Å².